The van der Waals surface area contributed by atoms with Gasteiger partial charge in [-0.25, -0.2) is 0 Å². The Morgan fingerprint density at radius 1 is 1.36 bits per heavy atom. The van der Waals surface area contributed by atoms with Gasteiger partial charge in [-0.05, 0) is 43.6 Å². The van der Waals surface area contributed by atoms with Gasteiger partial charge in [-0.2, -0.15) is 0 Å². The minimum Gasteiger partial charge on any atom is -0.406 e. The number of nitrogens with zero attached hydrogens (tertiary/aromatic N) is 1. The first-order valence-electron chi connectivity index (χ1n) is 7.14. The van der Waals surface area contributed by atoms with Crippen LogP contribution in [0.25, 0.3) is 0 Å². The number of carbonyl (C=O) groups is 1. The van der Waals surface area contributed by atoms with Crippen LogP contribution in [0, 0.1) is 5.92 Å². The van der Waals surface area contributed by atoms with Gasteiger partial charge in [0.05, 0.1) is 6.42 Å². The monoisotopic (exact) mass is 316 g/mol. The molecular formula is C15H19F3N2O2. The molecule has 0 saturated carbocycles. The lowest BCUT2D eigenvalue weighted by Gasteiger charge is -2.17. The quantitative estimate of drug-likeness (QED) is 0.905. The third kappa shape index (κ3) is 4.91. The van der Waals surface area contributed by atoms with Crippen LogP contribution in [-0.2, 0) is 11.2 Å². The van der Waals surface area contributed by atoms with Crippen LogP contribution in [0.15, 0.2) is 24.3 Å². The molecule has 0 spiro atoms. The van der Waals surface area contributed by atoms with Gasteiger partial charge in [0.1, 0.15) is 5.75 Å². The van der Waals surface area contributed by atoms with Crippen LogP contribution in [0.2, 0.25) is 0 Å². The van der Waals surface area contributed by atoms with E-state index in [0.717, 1.165) is 26.1 Å². The number of rotatable bonds is 5. The molecule has 0 aliphatic carbocycles. The number of nitrogens with one attached hydrogen (secondary N) is 1. The molecule has 1 amide bonds. The highest BCUT2D eigenvalue weighted by Crippen LogP contribution is 2.23. The predicted molar refractivity (Wildman–Crippen MR) is 75.4 cm³/mol. The number of halogens is 3. The normalized spacial score (nSPS) is 18.5. The van der Waals surface area contributed by atoms with Crippen LogP contribution in [0.3, 0.4) is 0 Å². The number of benzene rings is 1. The minimum absolute atomic E-state index is 0.00286. The molecule has 22 heavy (non-hydrogen) atoms. The molecule has 7 heteroatoms. The number of ether oxygens (including phenoxy) is 1. The summed E-state index contributed by atoms with van der Waals surface area (Å²) in [5.74, 6) is 0.193. The zero-order valence-electron chi connectivity index (χ0n) is 12.3. The summed E-state index contributed by atoms with van der Waals surface area (Å²) in [6.45, 7) is 2.35. The highest BCUT2D eigenvalue weighted by Gasteiger charge is 2.31. The molecule has 2 rings (SSSR count). The second kappa shape index (κ2) is 7.00. The van der Waals surface area contributed by atoms with Crippen molar-refractivity contribution in [2.75, 3.05) is 26.7 Å². The molecule has 1 aliphatic rings. The topological polar surface area (TPSA) is 41.6 Å². The van der Waals surface area contributed by atoms with E-state index in [0.29, 0.717) is 11.5 Å². The van der Waals surface area contributed by atoms with E-state index in [-0.39, 0.29) is 18.1 Å². The molecule has 1 fully saturated rings. The van der Waals surface area contributed by atoms with Crippen molar-refractivity contribution in [1.29, 1.82) is 0 Å². The lowest BCUT2D eigenvalue weighted by Crippen LogP contribution is -2.31. The van der Waals surface area contributed by atoms with Gasteiger partial charge in [-0.15, -0.1) is 13.2 Å². The highest BCUT2D eigenvalue weighted by atomic mass is 19.4. The second-order valence-corrected chi connectivity index (χ2v) is 5.42. The smallest absolute Gasteiger partial charge is 0.406 e. The molecule has 0 aromatic heterocycles. The van der Waals surface area contributed by atoms with Crippen molar-refractivity contribution >= 4 is 5.91 Å². The molecule has 0 bridgehead atoms. The number of carbonyl (C=O) groups excluding carboxylic acids is 1. The molecule has 1 atom stereocenters. The van der Waals surface area contributed by atoms with Crippen LogP contribution in [-0.4, -0.2) is 43.9 Å². The van der Waals surface area contributed by atoms with Crippen molar-refractivity contribution in [2.45, 2.75) is 19.2 Å². The minimum atomic E-state index is -4.70. The molecule has 1 heterocycles. The summed E-state index contributed by atoms with van der Waals surface area (Å²) in [6, 6.07) is 5.42. The van der Waals surface area contributed by atoms with Gasteiger partial charge >= 0.3 is 6.36 Å². The van der Waals surface area contributed by atoms with E-state index in [1.165, 1.54) is 24.3 Å². The molecule has 1 N–H and O–H groups in total. The molecule has 122 valence electrons. The number of hydrogen-bond donors (Lipinski definition) is 1. The van der Waals surface area contributed by atoms with Gasteiger partial charge in [0, 0.05) is 13.1 Å². The zero-order valence-corrected chi connectivity index (χ0v) is 12.3. The van der Waals surface area contributed by atoms with Crippen molar-refractivity contribution in [3.63, 3.8) is 0 Å². The Labute approximate surface area is 127 Å². The Morgan fingerprint density at radius 3 is 2.64 bits per heavy atom. The summed E-state index contributed by atoms with van der Waals surface area (Å²) in [4.78, 5) is 14.0. The van der Waals surface area contributed by atoms with Crippen molar-refractivity contribution < 1.29 is 22.7 Å². The second-order valence-electron chi connectivity index (χ2n) is 5.42. The molecular weight excluding hydrogens is 297 g/mol. The molecule has 1 saturated heterocycles. The number of alkyl halides is 3. The molecule has 4 nitrogen and oxygen atoms in total. The number of hydrogen-bond acceptors (Lipinski definition) is 3. The lowest BCUT2D eigenvalue weighted by atomic mass is 10.1. The SMILES string of the molecule is CNCC1CCN(C(=O)Cc2ccc(OC(F)(F)F)cc2)C1. The summed E-state index contributed by atoms with van der Waals surface area (Å²) < 4.78 is 40.0. The Morgan fingerprint density at radius 2 is 2.05 bits per heavy atom. The Balaban J connectivity index is 1.87. The van der Waals surface area contributed by atoms with Gasteiger partial charge < -0.3 is 15.0 Å². The maximum Gasteiger partial charge on any atom is 0.573 e. The first kappa shape index (κ1) is 16.6. The highest BCUT2D eigenvalue weighted by molar-refractivity contribution is 5.79. The van der Waals surface area contributed by atoms with Gasteiger partial charge in [-0.1, -0.05) is 12.1 Å². The average Bonchev–Trinajstić information content (AvgIpc) is 2.88. The van der Waals surface area contributed by atoms with Crippen LogP contribution in [0.4, 0.5) is 13.2 Å². The summed E-state index contributed by atoms with van der Waals surface area (Å²) in [6.07, 6.45) is -3.53. The summed E-state index contributed by atoms with van der Waals surface area (Å²) in [5, 5.41) is 3.10. The number of likely N-dealkylation sites (tertiary alicyclic amines) is 1. The fraction of sp³-hybridized carbons (Fsp3) is 0.533. The lowest BCUT2D eigenvalue weighted by molar-refractivity contribution is -0.274. The van der Waals surface area contributed by atoms with E-state index < -0.39 is 6.36 Å². The zero-order chi connectivity index (χ0) is 16.2. The van der Waals surface area contributed by atoms with E-state index in [1.54, 1.807) is 0 Å². The molecule has 1 aliphatic heterocycles. The molecule has 1 aromatic carbocycles. The van der Waals surface area contributed by atoms with Gasteiger partial charge in [0.15, 0.2) is 0 Å². The third-order valence-electron chi connectivity index (χ3n) is 3.64. The van der Waals surface area contributed by atoms with Crippen molar-refractivity contribution in [3.05, 3.63) is 29.8 Å². The standard InChI is InChI=1S/C15H19F3N2O2/c1-19-9-12-6-7-20(10-12)14(21)8-11-2-4-13(5-3-11)22-15(16,17)18/h2-5,12,19H,6-10H2,1H3. The first-order valence-corrected chi connectivity index (χ1v) is 7.14. The van der Waals surface area contributed by atoms with Crippen molar-refractivity contribution in [1.82, 2.24) is 10.2 Å². The van der Waals surface area contributed by atoms with Crippen LogP contribution in [0.1, 0.15) is 12.0 Å². The van der Waals surface area contributed by atoms with Crippen LogP contribution < -0.4 is 10.1 Å². The van der Waals surface area contributed by atoms with E-state index >= 15 is 0 Å². The predicted octanol–water partition coefficient (Wildman–Crippen LogP) is 2.20. The Hall–Kier alpha value is -1.76. The first-order chi connectivity index (χ1) is 10.4. The van der Waals surface area contributed by atoms with E-state index in [1.807, 2.05) is 11.9 Å². The van der Waals surface area contributed by atoms with E-state index in [4.69, 9.17) is 0 Å². The van der Waals surface area contributed by atoms with E-state index in [2.05, 4.69) is 10.1 Å². The largest absolute Gasteiger partial charge is 0.573 e. The fourth-order valence-electron chi connectivity index (χ4n) is 2.61. The van der Waals surface area contributed by atoms with Gasteiger partial charge in [0.25, 0.3) is 0 Å². The van der Waals surface area contributed by atoms with Gasteiger partial charge in [-0.3, -0.25) is 4.79 Å². The Kier molecular flexibility index (Phi) is 5.28. The summed E-state index contributed by atoms with van der Waals surface area (Å²) in [5.41, 5.74) is 0.677. The van der Waals surface area contributed by atoms with Crippen LogP contribution >= 0.6 is 0 Å². The Bertz CT molecular complexity index is 503. The molecule has 0 radical (unpaired) electrons. The molecule has 1 unspecified atom stereocenters. The van der Waals surface area contributed by atoms with Crippen molar-refractivity contribution in [3.8, 4) is 5.75 Å². The number of amides is 1. The summed E-state index contributed by atoms with van der Waals surface area (Å²) >= 11 is 0. The maximum atomic E-state index is 12.2. The maximum absolute atomic E-state index is 12.2. The average molecular weight is 316 g/mol. The summed E-state index contributed by atoms with van der Waals surface area (Å²) in [7, 11) is 1.88. The van der Waals surface area contributed by atoms with Gasteiger partial charge in [0.2, 0.25) is 5.91 Å². The van der Waals surface area contributed by atoms with Crippen LogP contribution in [0.5, 0.6) is 5.75 Å². The third-order valence-corrected chi connectivity index (χ3v) is 3.64. The van der Waals surface area contributed by atoms with Crippen molar-refractivity contribution in [2.24, 2.45) is 5.92 Å². The fourth-order valence-corrected chi connectivity index (χ4v) is 2.61. The molecule has 1 aromatic rings. The van der Waals surface area contributed by atoms with E-state index in [9.17, 15) is 18.0 Å².